The van der Waals surface area contributed by atoms with Gasteiger partial charge in [0.2, 0.25) is 0 Å². The first-order valence-electron chi connectivity index (χ1n) is 5.97. The van der Waals surface area contributed by atoms with E-state index in [4.69, 9.17) is 10.5 Å². The smallest absolute Gasteiger partial charge is 0.168 e. The lowest BCUT2D eigenvalue weighted by atomic mass is 10.1. The molecule has 0 heterocycles. The molecule has 2 nitrogen and oxygen atoms in total. The van der Waals surface area contributed by atoms with E-state index in [9.17, 15) is 4.39 Å². The lowest BCUT2D eigenvalue weighted by molar-refractivity contribution is 0.437. The van der Waals surface area contributed by atoms with Gasteiger partial charge in [-0.15, -0.1) is 0 Å². The van der Waals surface area contributed by atoms with Crippen LogP contribution >= 0.6 is 15.9 Å². The van der Waals surface area contributed by atoms with Crippen molar-refractivity contribution < 1.29 is 9.13 Å². The van der Waals surface area contributed by atoms with Crippen LogP contribution in [-0.4, -0.2) is 0 Å². The average molecular weight is 324 g/mol. The minimum atomic E-state index is -0.342. The molecule has 0 aliphatic heterocycles. The summed E-state index contributed by atoms with van der Waals surface area (Å²) in [6, 6.07) is 10.6. The van der Waals surface area contributed by atoms with Gasteiger partial charge in [-0.25, -0.2) is 4.39 Å². The van der Waals surface area contributed by atoms with E-state index in [0.29, 0.717) is 11.3 Å². The van der Waals surface area contributed by atoms with E-state index in [-0.39, 0.29) is 17.6 Å². The third-order valence-corrected chi connectivity index (χ3v) is 3.48. The van der Waals surface area contributed by atoms with Gasteiger partial charge in [-0.05, 0) is 59.1 Å². The van der Waals surface area contributed by atoms with Crippen molar-refractivity contribution in [3.05, 3.63) is 57.8 Å². The second-order valence-corrected chi connectivity index (χ2v) is 5.32. The molecule has 0 bridgehead atoms. The average Bonchev–Trinajstić information content (AvgIpc) is 2.37. The Labute approximate surface area is 120 Å². The molecule has 19 heavy (non-hydrogen) atoms. The molecule has 2 rings (SSSR count). The summed E-state index contributed by atoms with van der Waals surface area (Å²) < 4.78 is 20.2. The molecule has 2 aromatic rings. The van der Waals surface area contributed by atoms with E-state index < -0.39 is 0 Å². The number of nitrogens with two attached hydrogens (primary N) is 1. The molecule has 2 aromatic carbocycles. The molecule has 0 aliphatic carbocycles. The summed E-state index contributed by atoms with van der Waals surface area (Å²) in [4.78, 5) is 0. The minimum absolute atomic E-state index is 0.0546. The molecule has 0 spiro atoms. The Hall–Kier alpha value is -1.39. The zero-order valence-electron chi connectivity index (χ0n) is 10.8. The molecular formula is C15H15BrFNO. The van der Waals surface area contributed by atoms with Crippen molar-refractivity contribution in [2.45, 2.75) is 19.9 Å². The van der Waals surface area contributed by atoms with E-state index in [1.807, 2.05) is 19.1 Å². The van der Waals surface area contributed by atoms with Crippen LogP contribution in [0.5, 0.6) is 11.5 Å². The number of rotatable bonds is 3. The van der Waals surface area contributed by atoms with Crippen LogP contribution in [0.1, 0.15) is 24.1 Å². The van der Waals surface area contributed by atoms with E-state index in [1.54, 1.807) is 31.2 Å². The highest BCUT2D eigenvalue weighted by atomic mass is 79.9. The number of hydrogen-bond donors (Lipinski definition) is 1. The Bertz CT molecular complexity index is 599. The van der Waals surface area contributed by atoms with E-state index in [1.165, 1.54) is 0 Å². The van der Waals surface area contributed by atoms with Crippen molar-refractivity contribution in [2.24, 2.45) is 5.73 Å². The lowest BCUT2D eigenvalue weighted by Gasteiger charge is -2.12. The topological polar surface area (TPSA) is 35.2 Å². The highest BCUT2D eigenvalue weighted by molar-refractivity contribution is 9.10. The largest absolute Gasteiger partial charge is 0.453 e. The SMILES string of the molecule is Cc1cccc(Oc2ccc(C(C)N)cc2Br)c1F. The van der Waals surface area contributed by atoms with Gasteiger partial charge in [-0.1, -0.05) is 18.2 Å². The Kier molecular flexibility index (Phi) is 4.22. The third kappa shape index (κ3) is 3.14. The van der Waals surface area contributed by atoms with Crippen molar-refractivity contribution in [1.82, 2.24) is 0 Å². The normalized spacial score (nSPS) is 12.3. The van der Waals surface area contributed by atoms with Gasteiger partial charge in [-0.2, -0.15) is 0 Å². The first-order chi connectivity index (χ1) is 8.99. The molecule has 4 heteroatoms. The lowest BCUT2D eigenvalue weighted by Crippen LogP contribution is -2.04. The third-order valence-electron chi connectivity index (χ3n) is 2.86. The highest BCUT2D eigenvalue weighted by Crippen LogP contribution is 2.33. The molecular weight excluding hydrogens is 309 g/mol. The molecule has 0 saturated carbocycles. The first kappa shape index (κ1) is 14.0. The molecule has 0 radical (unpaired) electrons. The fourth-order valence-electron chi connectivity index (χ4n) is 1.70. The summed E-state index contributed by atoms with van der Waals surface area (Å²) in [5, 5.41) is 0. The minimum Gasteiger partial charge on any atom is -0.453 e. The summed E-state index contributed by atoms with van der Waals surface area (Å²) >= 11 is 3.41. The molecule has 1 atom stereocenters. The summed E-state index contributed by atoms with van der Waals surface area (Å²) in [5.74, 6) is 0.439. The second kappa shape index (κ2) is 5.72. The summed E-state index contributed by atoms with van der Waals surface area (Å²) in [7, 11) is 0. The van der Waals surface area contributed by atoms with E-state index in [0.717, 1.165) is 10.0 Å². The van der Waals surface area contributed by atoms with Gasteiger partial charge >= 0.3 is 0 Å². The predicted octanol–water partition coefficient (Wildman–Crippen LogP) is 4.71. The first-order valence-corrected chi connectivity index (χ1v) is 6.76. The molecule has 0 aromatic heterocycles. The van der Waals surface area contributed by atoms with Crippen molar-refractivity contribution in [3.8, 4) is 11.5 Å². The summed E-state index contributed by atoms with van der Waals surface area (Å²) in [5.41, 5.74) is 7.35. The summed E-state index contributed by atoms with van der Waals surface area (Å²) in [6.45, 7) is 3.61. The van der Waals surface area contributed by atoms with Crippen LogP contribution in [0.25, 0.3) is 0 Å². The zero-order chi connectivity index (χ0) is 14.0. The fraction of sp³-hybridized carbons (Fsp3) is 0.200. The Balaban J connectivity index is 2.31. The van der Waals surface area contributed by atoms with Crippen molar-refractivity contribution in [3.63, 3.8) is 0 Å². The number of benzene rings is 2. The maximum absolute atomic E-state index is 13.9. The van der Waals surface area contributed by atoms with Crippen molar-refractivity contribution >= 4 is 15.9 Å². The van der Waals surface area contributed by atoms with Crippen LogP contribution in [0.15, 0.2) is 40.9 Å². The Morgan fingerprint density at radius 1 is 1.21 bits per heavy atom. The van der Waals surface area contributed by atoms with E-state index in [2.05, 4.69) is 15.9 Å². The van der Waals surface area contributed by atoms with Gasteiger partial charge in [0, 0.05) is 6.04 Å². The van der Waals surface area contributed by atoms with Crippen molar-refractivity contribution in [1.29, 1.82) is 0 Å². The standard InChI is InChI=1S/C15H15BrFNO/c1-9-4-3-5-14(15(9)17)19-13-7-6-11(10(2)18)8-12(13)16/h3-8,10H,18H2,1-2H3. The molecule has 0 fully saturated rings. The molecule has 2 N–H and O–H groups in total. The number of hydrogen-bond acceptors (Lipinski definition) is 2. The van der Waals surface area contributed by atoms with Gasteiger partial charge in [0.15, 0.2) is 11.6 Å². The van der Waals surface area contributed by atoms with Crippen LogP contribution < -0.4 is 10.5 Å². The molecule has 1 unspecified atom stereocenters. The quantitative estimate of drug-likeness (QED) is 0.887. The maximum Gasteiger partial charge on any atom is 0.168 e. The van der Waals surface area contributed by atoms with Gasteiger partial charge in [0.1, 0.15) is 5.75 Å². The maximum atomic E-state index is 13.9. The molecule has 0 amide bonds. The van der Waals surface area contributed by atoms with Gasteiger partial charge in [0.05, 0.1) is 4.47 Å². The predicted molar refractivity (Wildman–Crippen MR) is 78.0 cm³/mol. The van der Waals surface area contributed by atoms with Gasteiger partial charge < -0.3 is 10.5 Å². The molecule has 0 aliphatic rings. The van der Waals surface area contributed by atoms with Gasteiger partial charge in [-0.3, -0.25) is 0 Å². The number of halogens is 2. The van der Waals surface area contributed by atoms with Crippen LogP contribution in [0.4, 0.5) is 4.39 Å². The van der Waals surface area contributed by atoms with Crippen LogP contribution in [0.2, 0.25) is 0 Å². The fourth-order valence-corrected chi connectivity index (χ4v) is 2.18. The van der Waals surface area contributed by atoms with Crippen LogP contribution in [0, 0.1) is 12.7 Å². The monoisotopic (exact) mass is 323 g/mol. The van der Waals surface area contributed by atoms with Crippen LogP contribution in [-0.2, 0) is 0 Å². The van der Waals surface area contributed by atoms with Gasteiger partial charge in [0.25, 0.3) is 0 Å². The van der Waals surface area contributed by atoms with Crippen LogP contribution in [0.3, 0.4) is 0 Å². The Morgan fingerprint density at radius 2 is 1.95 bits per heavy atom. The zero-order valence-corrected chi connectivity index (χ0v) is 12.4. The number of ether oxygens (including phenoxy) is 1. The number of aryl methyl sites for hydroxylation is 1. The molecule has 0 saturated heterocycles. The van der Waals surface area contributed by atoms with E-state index >= 15 is 0 Å². The Morgan fingerprint density at radius 3 is 2.58 bits per heavy atom. The van der Waals surface area contributed by atoms with Crippen molar-refractivity contribution in [2.75, 3.05) is 0 Å². The molecule has 100 valence electrons. The summed E-state index contributed by atoms with van der Waals surface area (Å²) in [6.07, 6.45) is 0. The highest BCUT2D eigenvalue weighted by Gasteiger charge is 2.10. The second-order valence-electron chi connectivity index (χ2n) is 4.47.